The van der Waals surface area contributed by atoms with E-state index in [4.69, 9.17) is 0 Å². The predicted octanol–water partition coefficient (Wildman–Crippen LogP) is 4.99. The molecule has 2 heterocycles. The lowest BCUT2D eigenvalue weighted by Crippen LogP contribution is -2.23. The topological polar surface area (TPSA) is 51.0 Å². The number of aryl methyl sites for hydroxylation is 2. The molecule has 0 amide bonds. The monoisotopic (exact) mass is 428 g/mol. The predicted molar refractivity (Wildman–Crippen MR) is 121 cm³/mol. The van der Waals surface area contributed by atoms with Crippen LogP contribution >= 0.6 is 23.1 Å². The molecule has 3 aromatic rings. The molecule has 29 heavy (non-hydrogen) atoms. The van der Waals surface area contributed by atoms with Crippen LogP contribution in [-0.4, -0.2) is 45.3 Å². The van der Waals surface area contributed by atoms with Crippen LogP contribution in [0.15, 0.2) is 41.6 Å². The van der Waals surface area contributed by atoms with Crippen molar-refractivity contribution < 1.29 is 4.79 Å². The molecule has 1 atom stereocenters. The fraction of sp³-hybridized carbons (Fsp3) is 0.409. The Morgan fingerprint density at radius 3 is 2.52 bits per heavy atom. The van der Waals surface area contributed by atoms with Gasteiger partial charge in [0.25, 0.3) is 0 Å². The zero-order chi connectivity index (χ0) is 21.0. The Bertz CT molecular complexity index is 963. The maximum atomic E-state index is 12.7. The fourth-order valence-electron chi connectivity index (χ4n) is 3.46. The van der Waals surface area contributed by atoms with Gasteiger partial charge in [-0.1, -0.05) is 49.0 Å². The molecule has 0 bridgehead atoms. The first kappa shape index (κ1) is 21.7. The molecule has 0 spiro atoms. The van der Waals surface area contributed by atoms with Gasteiger partial charge in [-0.05, 0) is 46.0 Å². The molecule has 0 radical (unpaired) electrons. The maximum absolute atomic E-state index is 12.7. The van der Waals surface area contributed by atoms with Gasteiger partial charge >= 0.3 is 0 Å². The molecule has 0 saturated carbocycles. The van der Waals surface area contributed by atoms with Gasteiger partial charge < -0.3 is 4.57 Å². The molecular weight excluding hydrogens is 400 g/mol. The van der Waals surface area contributed by atoms with E-state index in [0.717, 1.165) is 27.8 Å². The van der Waals surface area contributed by atoms with Crippen molar-refractivity contribution in [3.8, 4) is 0 Å². The Morgan fingerprint density at radius 1 is 1.21 bits per heavy atom. The first-order valence-electron chi connectivity index (χ1n) is 9.77. The van der Waals surface area contributed by atoms with Gasteiger partial charge in [-0.3, -0.25) is 9.69 Å². The molecule has 1 aromatic carbocycles. The third-order valence-corrected chi connectivity index (χ3v) is 6.84. The molecule has 0 aliphatic rings. The lowest BCUT2D eigenvalue weighted by Gasteiger charge is -2.23. The van der Waals surface area contributed by atoms with Crippen LogP contribution in [0.4, 0.5) is 0 Å². The van der Waals surface area contributed by atoms with Gasteiger partial charge in [0, 0.05) is 15.3 Å². The van der Waals surface area contributed by atoms with E-state index in [1.165, 1.54) is 22.2 Å². The van der Waals surface area contributed by atoms with E-state index in [1.807, 2.05) is 38.1 Å². The van der Waals surface area contributed by atoms with Crippen molar-refractivity contribution in [1.82, 2.24) is 19.7 Å². The van der Waals surface area contributed by atoms with E-state index in [0.29, 0.717) is 12.3 Å². The largest absolute Gasteiger partial charge is 0.300 e. The normalized spacial score (nSPS) is 12.5. The summed E-state index contributed by atoms with van der Waals surface area (Å²) >= 11 is 3.14. The minimum atomic E-state index is 0.146. The minimum absolute atomic E-state index is 0.146. The number of thioether (sulfide) groups is 1. The lowest BCUT2D eigenvalue weighted by molar-refractivity contribution is 0.102. The summed E-state index contributed by atoms with van der Waals surface area (Å²) in [5, 5.41) is 9.77. The van der Waals surface area contributed by atoms with Gasteiger partial charge in [-0.2, -0.15) is 0 Å². The van der Waals surface area contributed by atoms with Gasteiger partial charge in [0.1, 0.15) is 0 Å². The summed E-state index contributed by atoms with van der Waals surface area (Å²) in [6.07, 6.45) is 0.941. The molecule has 0 aliphatic carbocycles. The number of Topliss-reactive ketones (excluding diaryl/α,β-unsaturated/α-hetero) is 1. The maximum Gasteiger partial charge on any atom is 0.192 e. The number of aromatic nitrogens is 3. The Hall–Kier alpha value is -1.96. The third-order valence-electron chi connectivity index (χ3n) is 4.91. The van der Waals surface area contributed by atoms with Crippen molar-refractivity contribution in [3.63, 3.8) is 0 Å². The quantitative estimate of drug-likeness (QED) is 0.355. The van der Waals surface area contributed by atoms with E-state index in [1.54, 1.807) is 11.3 Å². The van der Waals surface area contributed by atoms with Crippen LogP contribution in [0.2, 0.25) is 0 Å². The van der Waals surface area contributed by atoms with Crippen LogP contribution in [0.25, 0.3) is 0 Å². The van der Waals surface area contributed by atoms with Gasteiger partial charge in [-0.25, -0.2) is 0 Å². The Labute approximate surface area is 181 Å². The van der Waals surface area contributed by atoms with Crippen LogP contribution in [-0.2, 0) is 6.54 Å². The summed E-state index contributed by atoms with van der Waals surface area (Å²) in [7, 11) is 4.13. The van der Waals surface area contributed by atoms with Crippen LogP contribution in [0.5, 0.6) is 0 Å². The van der Waals surface area contributed by atoms with Crippen LogP contribution in [0.3, 0.4) is 0 Å². The molecule has 0 N–H and O–H groups in total. The summed E-state index contributed by atoms with van der Waals surface area (Å²) in [4.78, 5) is 17.2. The molecule has 5 nitrogen and oxygen atoms in total. The van der Waals surface area contributed by atoms with Crippen molar-refractivity contribution >= 4 is 28.9 Å². The number of carbonyl (C=O) groups is 1. The smallest absolute Gasteiger partial charge is 0.192 e. The molecule has 3 rings (SSSR count). The van der Waals surface area contributed by atoms with Crippen LogP contribution in [0, 0.1) is 13.8 Å². The molecule has 0 aliphatic heterocycles. The van der Waals surface area contributed by atoms with Gasteiger partial charge in [0.05, 0.1) is 18.3 Å². The fourth-order valence-corrected chi connectivity index (χ4v) is 5.23. The SMILES string of the molecule is CC[C@H](c1nnc(SCC(=O)c2cc(C)sc2C)n1Cc1ccccc1)N(C)C. The first-order valence-corrected chi connectivity index (χ1v) is 11.6. The Balaban J connectivity index is 1.86. The molecule has 0 fully saturated rings. The number of carbonyl (C=O) groups excluding carboxylic acids is 1. The highest BCUT2D eigenvalue weighted by Gasteiger charge is 2.23. The number of thiophene rings is 1. The highest BCUT2D eigenvalue weighted by atomic mass is 32.2. The van der Waals surface area contributed by atoms with Gasteiger partial charge in [0.15, 0.2) is 16.8 Å². The summed E-state index contributed by atoms with van der Waals surface area (Å²) < 4.78 is 2.16. The second-order valence-electron chi connectivity index (χ2n) is 7.34. The number of ketones is 1. The van der Waals surface area contributed by atoms with E-state index in [9.17, 15) is 4.79 Å². The van der Waals surface area contributed by atoms with Crippen molar-refractivity contribution in [1.29, 1.82) is 0 Å². The second kappa shape index (κ2) is 9.69. The molecule has 2 aromatic heterocycles. The minimum Gasteiger partial charge on any atom is -0.300 e. The van der Waals surface area contributed by atoms with Gasteiger partial charge in [0.2, 0.25) is 0 Å². The molecule has 0 unspecified atom stereocenters. The standard InChI is InChI=1S/C22H28N4OS2/c1-6-19(25(4)5)21-23-24-22(26(21)13-17-10-8-7-9-11-17)28-14-20(27)18-12-15(2)29-16(18)3/h7-12,19H,6,13-14H2,1-5H3/t19-/m1/s1. The van der Waals surface area contributed by atoms with Crippen molar-refractivity contribution in [2.24, 2.45) is 0 Å². The van der Waals surface area contributed by atoms with Crippen molar-refractivity contribution in [3.05, 3.63) is 63.1 Å². The molecule has 7 heteroatoms. The number of rotatable bonds is 9. The zero-order valence-corrected chi connectivity index (χ0v) is 19.3. The average Bonchev–Trinajstić information content (AvgIpc) is 3.23. The van der Waals surface area contributed by atoms with Crippen molar-refractivity contribution in [2.75, 3.05) is 19.8 Å². The summed E-state index contributed by atoms with van der Waals surface area (Å²) in [6, 6.07) is 12.5. The zero-order valence-electron chi connectivity index (χ0n) is 17.7. The highest BCUT2D eigenvalue weighted by Crippen LogP contribution is 2.28. The number of hydrogen-bond acceptors (Lipinski definition) is 6. The van der Waals surface area contributed by atoms with Gasteiger partial charge in [-0.15, -0.1) is 21.5 Å². The molecule has 0 saturated heterocycles. The van der Waals surface area contributed by atoms with Crippen LogP contribution in [0.1, 0.15) is 50.9 Å². The summed E-state index contributed by atoms with van der Waals surface area (Å²) in [5.41, 5.74) is 2.02. The third kappa shape index (κ3) is 5.15. The molecule has 154 valence electrons. The number of nitrogens with zero attached hydrogens (tertiary/aromatic N) is 4. The molecular formula is C22H28N4OS2. The summed E-state index contributed by atoms with van der Waals surface area (Å²) in [5.74, 6) is 1.45. The van der Waals surface area contributed by atoms with E-state index >= 15 is 0 Å². The number of hydrogen-bond donors (Lipinski definition) is 0. The second-order valence-corrected chi connectivity index (χ2v) is 9.74. The van der Waals surface area contributed by atoms with E-state index < -0.39 is 0 Å². The Kier molecular flexibility index (Phi) is 7.27. The highest BCUT2D eigenvalue weighted by molar-refractivity contribution is 7.99. The number of benzene rings is 1. The van der Waals surface area contributed by atoms with E-state index in [2.05, 4.69) is 52.8 Å². The summed E-state index contributed by atoms with van der Waals surface area (Å²) in [6.45, 7) is 6.90. The van der Waals surface area contributed by atoms with Crippen LogP contribution < -0.4 is 0 Å². The Morgan fingerprint density at radius 2 is 1.93 bits per heavy atom. The first-order chi connectivity index (χ1) is 13.9. The van der Waals surface area contributed by atoms with Crippen molar-refractivity contribution in [2.45, 2.75) is 44.9 Å². The average molecular weight is 429 g/mol. The lowest BCUT2D eigenvalue weighted by atomic mass is 10.2. The van der Waals surface area contributed by atoms with E-state index in [-0.39, 0.29) is 11.8 Å².